The maximum atomic E-state index is 13.8. The number of fused-ring (bicyclic) bond motifs is 1. The Kier molecular flexibility index (Phi) is 7.39. The monoisotopic (exact) mass is 516 g/mol. The number of hydrogen-bond acceptors (Lipinski definition) is 6. The van der Waals surface area contributed by atoms with Gasteiger partial charge in [-0.1, -0.05) is 62.2 Å². The van der Waals surface area contributed by atoms with Gasteiger partial charge < -0.3 is 15.0 Å². The number of nitrogens with one attached hydrogen (secondary N) is 2. The third-order valence-electron chi connectivity index (χ3n) is 5.44. The number of halogens is 2. The number of H-pyrrole nitrogens is 1. The van der Waals surface area contributed by atoms with Crippen molar-refractivity contribution >= 4 is 40.7 Å². The molecule has 11 heteroatoms. The molecule has 1 aliphatic rings. The summed E-state index contributed by atoms with van der Waals surface area (Å²) in [7, 11) is 0. The van der Waals surface area contributed by atoms with Crippen LogP contribution < -0.4 is 10.2 Å². The van der Waals surface area contributed by atoms with Crippen LogP contribution in [0.5, 0.6) is 0 Å². The fraction of sp³-hybridized carbons (Fsp3) is 0.375. The van der Waals surface area contributed by atoms with Crippen molar-refractivity contribution in [3.8, 4) is 0 Å². The van der Waals surface area contributed by atoms with E-state index in [1.165, 1.54) is 0 Å². The number of rotatable bonds is 6. The van der Waals surface area contributed by atoms with Crippen LogP contribution in [-0.4, -0.2) is 45.1 Å². The fourth-order valence-corrected chi connectivity index (χ4v) is 4.36. The van der Waals surface area contributed by atoms with Crippen LogP contribution in [0.2, 0.25) is 10.0 Å². The summed E-state index contributed by atoms with van der Waals surface area (Å²) in [6.45, 7) is 6.64. The van der Waals surface area contributed by atoms with E-state index in [0.717, 1.165) is 0 Å². The van der Waals surface area contributed by atoms with Crippen molar-refractivity contribution in [2.75, 3.05) is 11.4 Å². The number of tetrazole rings is 1. The zero-order chi connectivity index (χ0) is 25.2. The number of nitrogens with zero attached hydrogens (tertiary/aromatic N) is 4. The third-order valence-corrected chi connectivity index (χ3v) is 6.02. The van der Waals surface area contributed by atoms with Crippen LogP contribution in [-0.2, 0) is 20.9 Å². The smallest absolute Gasteiger partial charge is 0.256 e. The van der Waals surface area contributed by atoms with Crippen LogP contribution in [0.15, 0.2) is 42.5 Å². The molecule has 1 aliphatic heterocycles. The largest absolute Gasteiger partial charge is 0.355 e. The first kappa shape index (κ1) is 25.1. The van der Waals surface area contributed by atoms with Gasteiger partial charge in [-0.2, -0.15) is 0 Å². The molecule has 0 fully saturated rings. The Hall–Kier alpha value is -3.01. The first-order valence-corrected chi connectivity index (χ1v) is 11.9. The van der Waals surface area contributed by atoms with Gasteiger partial charge in [0, 0.05) is 33.4 Å². The van der Waals surface area contributed by atoms with Gasteiger partial charge in [0.2, 0.25) is 5.91 Å². The SMILES string of the molecule is CC(C)(C)CN1C(=O)[C@@H](CC(=O)NCc2nnn[nH]2)O[C@H](c2ccccc2Cl)c2cc(Cl)ccc21. The summed E-state index contributed by atoms with van der Waals surface area (Å²) in [6.07, 6.45) is -1.95. The van der Waals surface area contributed by atoms with E-state index >= 15 is 0 Å². The van der Waals surface area contributed by atoms with Crippen molar-refractivity contribution in [3.05, 3.63) is 69.5 Å². The second kappa shape index (κ2) is 10.3. The van der Waals surface area contributed by atoms with E-state index in [2.05, 4.69) is 25.9 Å². The van der Waals surface area contributed by atoms with Crippen molar-refractivity contribution in [3.63, 3.8) is 0 Å². The number of amides is 2. The number of aromatic amines is 1. The van der Waals surface area contributed by atoms with Crippen LogP contribution in [0.4, 0.5) is 5.69 Å². The lowest BCUT2D eigenvalue weighted by atomic mass is 9.94. The first-order valence-electron chi connectivity index (χ1n) is 11.1. The molecule has 0 unspecified atom stereocenters. The summed E-state index contributed by atoms with van der Waals surface area (Å²) in [5.74, 6) is -0.288. The first-order chi connectivity index (χ1) is 16.6. The van der Waals surface area contributed by atoms with Crippen LogP contribution in [0.1, 0.15) is 50.2 Å². The molecule has 2 atom stereocenters. The molecule has 0 spiro atoms. The van der Waals surface area contributed by atoms with Crippen molar-refractivity contribution in [2.45, 2.75) is 45.9 Å². The topological polar surface area (TPSA) is 113 Å². The van der Waals surface area contributed by atoms with Gasteiger partial charge in [0.25, 0.3) is 5.91 Å². The lowest BCUT2D eigenvalue weighted by Gasteiger charge is -2.31. The zero-order valence-corrected chi connectivity index (χ0v) is 21.1. The summed E-state index contributed by atoms with van der Waals surface area (Å²) < 4.78 is 6.38. The lowest BCUT2D eigenvalue weighted by Crippen LogP contribution is -2.45. The van der Waals surface area contributed by atoms with Crippen molar-refractivity contribution < 1.29 is 14.3 Å². The highest BCUT2D eigenvalue weighted by Crippen LogP contribution is 2.42. The maximum absolute atomic E-state index is 13.8. The summed E-state index contributed by atoms with van der Waals surface area (Å²) in [4.78, 5) is 28.3. The lowest BCUT2D eigenvalue weighted by molar-refractivity contribution is -0.138. The Balaban J connectivity index is 1.73. The third kappa shape index (κ3) is 5.98. The number of hydrogen-bond donors (Lipinski definition) is 2. The van der Waals surface area contributed by atoms with E-state index in [1.54, 1.807) is 23.1 Å². The Labute approximate surface area is 213 Å². The van der Waals surface area contributed by atoms with Crippen molar-refractivity contribution in [1.82, 2.24) is 25.9 Å². The van der Waals surface area contributed by atoms with Crippen LogP contribution in [0.3, 0.4) is 0 Å². The second-order valence-corrected chi connectivity index (χ2v) is 10.4. The molecule has 3 aromatic rings. The molecule has 1 aromatic heterocycles. The molecular formula is C24H26Cl2N6O3. The summed E-state index contributed by atoms with van der Waals surface area (Å²) in [5, 5.41) is 17.0. The molecular weight excluding hydrogens is 491 g/mol. The maximum Gasteiger partial charge on any atom is 0.256 e. The van der Waals surface area contributed by atoms with E-state index in [4.69, 9.17) is 27.9 Å². The van der Waals surface area contributed by atoms with Crippen LogP contribution in [0.25, 0.3) is 0 Å². The van der Waals surface area contributed by atoms with Gasteiger partial charge in [-0.25, -0.2) is 5.10 Å². The van der Waals surface area contributed by atoms with E-state index in [9.17, 15) is 9.59 Å². The van der Waals surface area contributed by atoms with E-state index in [0.29, 0.717) is 39.2 Å². The fourth-order valence-electron chi connectivity index (χ4n) is 3.95. The molecule has 0 aliphatic carbocycles. The molecule has 9 nitrogen and oxygen atoms in total. The Bertz CT molecular complexity index is 1210. The standard InChI is InChI=1S/C24H26Cl2N6O3/c1-24(2,3)13-32-18-9-8-14(25)10-16(18)22(15-6-4-5-7-17(15)26)35-19(23(32)34)11-21(33)27-12-20-28-30-31-29-20/h4-10,19,22H,11-13H2,1-3H3,(H,27,33)(H,28,29,30,31)/t19-,22-/m1/s1. The molecule has 4 rings (SSSR count). The number of carbonyl (C=O) groups excluding carboxylic acids is 2. The van der Waals surface area contributed by atoms with Gasteiger partial charge in [0.15, 0.2) is 5.82 Å². The van der Waals surface area contributed by atoms with Crippen molar-refractivity contribution in [1.29, 1.82) is 0 Å². The minimum Gasteiger partial charge on any atom is -0.355 e. The average Bonchev–Trinajstić information content (AvgIpc) is 3.29. The Morgan fingerprint density at radius 3 is 2.63 bits per heavy atom. The molecule has 2 N–H and O–H groups in total. The van der Waals surface area contributed by atoms with Gasteiger partial charge in [-0.05, 0) is 40.1 Å². The van der Waals surface area contributed by atoms with E-state index in [1.807, 2.05) is 45.0 Å². The van der Waals surface area contributed by atoms with Crippen LogP contribution >= 0.6 is 23.2 Å². The predicted molar refractivity (Wildman–Crippen MR) is 132 cm³/mol. The number of aromatic nitrogens is 4. The van der Waals surface area contributed by atoms with Crippen molar-refractivity contribution in [2.24, 2.45) is 5.41 Å². The number of benzene rings is 2. The van der Waals surface area contributed by atoms with E-state index in [-0.39, 0.29) is 30.2 Å². The molecule has 0 bridgehead atoms. The quantitative estimate of drug-likeness (QED) is 0.510. The van der Waals surface area contributed by atoms with Gasteiger partial charge in [0.05, 0.1) is 13.0 Å². The molecule has 2 amide bonds. The predicted octanol–water partition coefficient (Wildman–Crippen LogP) is 4.08. The molecule has 2 aromatic carbocycles. The second-order valence-electron chi connectivity index (χ2n) is 9.54. The molecule has 0 saturated heterocycles. The Morgan fingerprint density at radius 2 is 1.94 bits per heavy atom. The highest BCUT2D eigenvalue weighted by Gasteiger charge is 2.39. The number of anilines is 1. The summed E-state index contributed by atoms with van der Waals surface area (Å²) in [6, 6.07) is 12.6. The molecule has 184 valence electrons. The van der Waals surface area contributed by atoms with Crippen LogP contribution in [0, 0.1) is 5.41 Å². The van der Waals surface area contributed by atoms with Gasteiger partial charge in [0.1, 0.15) is 12.2 Å². The van der Waals surface area contributed by atoms with Gasteiger partial charge >= 0.3 is 0 Å². The van der Waals surface area contributed by atoms with E-state index < -0.39 is 12.2 Å². The average molecular weight is 517 g/mol. The highest BCUT2D eigenvalue weighted by molar-refractivity contribution is 6.31. The van der Waals surface area contributed by atoms with Gasteiger partial charge in [-0.3, -0.25) is 9.59 Å². The normalized spacial score (nSPS) is 18.2. The molecule has 0 saturated carbocycles. The minimum absolute atomic E-state index is 0.0994. The Morgan fingerprint density at radius 1 is 1.17 bits per heavy atom. The van der Waals surface area contributed by atoms with Gasteiger partial charge in [-0.15, -0.1) is 5.10 Å². The highest BCUT2D eigenvalue weighted by atomic mass is 35.5. The molecule has 0 radical (unpaired) electrons. The summed E-state index contributed by atoms with van der Waals surface area (Å²) in [5.41, 5.74) is 1.85. The number of carbonyl (C=O) groups is 2. The summed E-state index contributed by atoms with van der Waals surface area (Å²) >= 11 is 12.9. The zero-order valence-electron chi connectivity index (χ0n) is 19.6. The number of ether oxygens (including phenoxy) is 1. The minimum atomic E-state index is -1.06. The molecule has 2 heterocycles. The molecule has 35 heavy (non-hydrogen) atoms.